The number of fused-ring (bicyclic) bond motifs is 1. The zero-order chi connectivity index (χ0) is 17.3. The van der Waals surface area contributed by atoms with Crippen molar-refractivity contribution >= 4 is 22.6 Å². The van der Waals surface area contributed by atoms with Crippen LogP contribution in [0.4, 0.5) is 0 Å². The Hall–Kier alpha value is -2.70. The zero-order valence-electron chi connectivity index (χ0n) is 13.4. The molecule has 1 fully saturated rings. The van der Waals surface area contributed by atoms with Crippen LogP contribution in [0.5, 0.6) is 0 Å². The highest BCUT2D eigenvalue weighted by Gasteiger charge is 2.22. The number of carbonyl (C=O) groups excluding carboxylic acids is 2. The first-order valence-electron chi connectivity index (χ1n) is 7.96. The van der Waals surface area contributed by atoms with Crippen molar-refractivity contribution < 1.29 is 14.7 Å². The van der Waals surface area contributed by atoms with Crippen LogP contribution >= 0.6 is 0 Å². The van der Waals surface area contributed by atoms with Gasteiger partial charge in [0.05, 0.1) is 11.4 Å². The van der Waals surface area contributed by atoms with Crippen molar-refractivity contribution in [2.45, 2.75) is 26.3 Å². The largest absolute Gasteiger partial charge is 0.543 e. The summed E-state index contributed by atoms with van der Waals surface area (Å²) in [5, 5.41) is 15.6. The van der Waals surface area contributed by atoms with Gasteiger partial charge < -0.3 is 14.8 Å². The van der Waals surface area contributed by atoms with E-state index in [1.165, 1.54) is 12.1 Å². The summed E-state index contributed by atoms with van der Waals surface area (Å²) in [7, 11) is 0. The Morgan fingerprint density at radius 1 is 1.21 bits per heavy atom. The molecule has 126 valence electrons. The number of nitrogens with zero attached hydrogens (tertiary/aromatic N) is 3. The quantitative estimate of drug-likeness (QED) is 0.791. The molecule has 2 aromatic rings. The molecule has 7 nitrogen and oxygen atoms in total. The maximum Gasteiger partial charge on any atom is 0.275 e. The third kappa shape index (κ3) is 3.02. The predicted octanol–water partition coefficient (Wildman–Crippen LogP) is 0.0185. The Morgan fingerprint density at radius 3 is 2.46 bits per heavy atom. The molecule has 24 heavy (non-hydrogen) atoms. The maximum absolute atomic E-state index is 12.5. The van der Waals surface area contributed by atoms with Gasteiger partial charge in [0.25, 0.3) is 5.56 Å². The van der Waals surface area contributed by atoms with E-state index in [1.54, 1.807) is 17.0 Å². The standard InChI is InChI=1S/C17H19N3O4/c1-11-6-8-19(9-7-11)14(21)10-20-16(22)13-5-3-2-4-12(13)15(18-20)17(23)24/h2-5,11H,6-10H2,1H3,(H,23,24)/p-1. The van der Waals surface area contributed by atoms with E-state index in [9.17, 15) is 19.5 Å². The molecule has 0 unspecified atom stereocenters. The van der Waals surface area contributed by atoms with Gasteiger partial charge in [-0.3, -0.25) is 9.59 Å². The highest BCUT2D eigenvalue weighted by molar-refractivity contribution is 6.00. The number of hydrogen-bond donors (Lipinski definition) is 0. The van der Waals surface area contributed by atoms with Crippen LogP contribution in [0.2, 0.25) is 0 Å². The van der Waals surface area contributed by atoms with Gasteiger partial charge in [-0.25, -0.2) is 4.68 Å². The zero-order valence-corrected chi connectivity index (χ0v) is 13.4. The summed E-state index contributed by atoms with van der Waals surface area (Å²) in [5.74, 6) is -1.12. The van der Waals surface area contributed by atoms with E-state index in [0.717, 1.165) is 17.5 Å². The van der Waals surface area contributed by atoms with E-state index >= 15 is 0 Å². The molecule has 0 saturated carbocycles. The third-order valence-electron chi connectivity index (χ3n) is 4.48. The molecular weight excluding hydrogens is 310 g/mol. The normalized spacial score (nSPS) is 15.6. The Balaban J connectivity index is 1.95. The SMILES string of the molecule is CC1CCN(C(=O)Cn2nc(C(=O)[O-])c3ccccc3c2=O)CC1. The molecular formula is C17H18N3O4-. The molecule has 0 bridgehead atoms. The lowest BCUT2D eigenvalue weighted by atomic mass is 9.99. The van der Waals surface area contributed by atoms with Gasteiger partial charge in [-0.2, -0.15) is 5.10 Å². The summed E-state index contributed by atoms with van der Waals surface area (Å²) in [6.07, 6.45) is 1.85. The van der Waals surface area contributed by atoms with Gasteiger partial charge in [0.1, 0.15) is 12.2 Å². The molecule has 0 radical (unpaired) electrons. The van der Waals surface area contributed by atoms with Crippen LogP contribution in [0.15, 0.2) is 29.1 Å². The smallest absolute Gasteiger partial charge is 0.275 e. The number of carboxylic acid groups (broad SMARTS) is 1. The number of benzene rings is 1. The summed E-state index contributed by atoms with van der Waals surface area (Å²) in [6.45, 7) is 3.17. The second-order valence-electron chi connectivity index (χ2n) is 6.21. The molecule has 0 N–H and O–H groups in total. The molecule has 1 saturated heterocycles. The summed E-state index contributed by atoms with van der Waals surface area (Å²) in [4.78, 5) is 37.9. The second-order valence-corrected chi connectivity index (χ2v) is 6.21. The number of carboxylic acids is 1. The molecule has 1 aromatic heterocycles. The number of rotatable bonds is 3. The fourth-order valence-corrected chi connectivity index (χ4v) is 2.98. The molecule has 0 atom stereocenters. The first kappa shape index (κ1) is 16.2. The van der Waals surface area contributed by atoms with Crippen LogP contribution in [0.3, 0.4) is 0 Å². The van der Waals surface area contributed by atoms with Crippen molar-refractivity contribution in [3.8, 4) is 0 Å². The molecule has 3 rings (SSSR count). The summed E-state index contributed by atoms with van der Waals surface area (Å²) >= 11 is 0. The van der Waals surface area contributed by atoms with Crippen LogP contribution < -0.4 is 10.7 Å². The Morgan fingerprint density at radius 2 is 1.83 bits per heavy atom. The van der Waals surface area contributed by atoms with Crippen molar-refractivity contribution in [3.63, 3.8) is 0 Å². The van der Waals surface area contributed by atoms with Gasteiger partial charge >= 0.3 is 0 Å². The predicted molar refractivity (Wildman–Crippen MR) is 85.3 cm³/mol. The highest BCUT2D eigenvalue weighted by atomic mass is 16.4. The molecule has 2 heterocycles. The second kappa shape index (κ2) is 6.43. The Labute approximate surface area is 138 Å². The topological polar surface area (TPSA) is 95.3 Å². The van der Waals surface area contributed by atoms with Crippen molar-refractivity contribution in [1.29, 1.82) is 0 Å². The van der Waals surface area contributed by atoms with Gasteiger partial charge in [-0.1, -0.05) is 25.1 Å². The highest BCUT2D eigenvalue weighted by Crippen LogP contribution is 2.16. The van der Waals surface area contributed by atoms with Crippen LogP contribution in [-0.4, -0.2) is 39.6 Å². The number of carbonyl (C=O) groups is 2. The molecule has 1 amide bonds. The van der Waals surface area contributed by atoms with E-state index in [0.29, 0.717) is 19.0 Å². The van der Waals surface area contributed by atoms with Gasteiger partial charge in [0, 0.05) is 18.5 Å². The number of aromatic carboxylic acids is 1. The number of piperidine rings is 1. The first-order chi connectivity index (χ1) is 11.5. The summed E-state index contributed by atoms with van der Waals surface area (Å²) in [6, 6.07) is 6.30. The fraction of sp³-hybridized carbons (Fsp3) is 0.412. The maximum atomic E-state index is 12.5. The first-order valence-corrected chi connectivity index (χ1v) is 7.96. The van der Waals surface area contributed by atoms with Crippen molar-refractivity contribution in [3.05, 3.63) is 40.3 Å². The van der Waals surface area contributed by atoms with Crippen LogP contribution in [0.25, 0.3) is 10.8 Å². The van der Waals surface area contributed by atoms with Crippen LogP contribution in [0, 0.1) is 5.92 Å². The minimum absolute atomic E-state index is 0.215. The lowest BCUT2D eigenvalue weighted by Crippen LogP contribution is -2.42. The van der Waals surface area contributed by atoms with Crippen molar-refractivity contribution in [2.75, 3.05) is 13.1 Å². The Kier molecular flexibility index (Phi) is 4.33. The molecule has 1 aliphatic rings. The van der Waals surface area contributed by atoms with Gasteiger partial charge in [-0.15, -0.1) is 0 Å². The lowest BCUT2D eigenvalue weighted by Gasteiger charge is -2.30. The lowest BCUT2D eigenvalue weighted by molar-refractivity contribution is -0.255. The minimum atomic E-state index is -1.47. The Bertz CT molecular complexity index is 851. The van der Waals surface area contributed by atoms with Gasteiger partial charge in [-0.05, 0) is 24.8 Å². The van der Waals surface area contributed by atoms with E-state index in [4.69, 9.17) is 0 Å². The molecule has 1 aliphatic heterocycles. The van der Waals surface area contributed by atoms with Gasteiger partial charge in [0.2, 0.25) is 5.91 Å². The van der Waals surface area contributed by atoms with Crippen LogP contribution in [-0.2, 0) is 11.3 Å². The number of hydrogen-bond acceptors (Lipinski definition) is 5. The monoisotopic (exact) mass is 328 g/mol. The number of likely N-dealkylation sites (tertiary alicyclic amines) is 1. The van der Waals surface area contributed by atoms with E-state index in [2.05, 4.69) is 12.0 Å². The van der Waals surface area contributed by atoms with Crippen molar-refractivity contribution in [1.82, 2.24) is 14.7 Å². The molecule has 7 heteroatoms. The molecule has 0 aliphatic carbocycles. The van der Waals surface area contributed by atoms with Crippen LogP contribution in [0.1, 0.15) is 30.3 Å². The van der Waals surface area contributed by atoms with Gasteiger partial charge in [0.15, 0.2) is 0 Å². The third-order valence-corrected chi connectivity index (χ3v) is 4.48. The minimum Gasteiger partial charge on any atom is -0.543 e. The van der Waals surface area contributed by atoms with E-state index in [-0.39, 0.29) is 28.9 Å². The van der Waals surface area contributed by atoms with Crippen molar-refractivity contribution in [2.24, 2.45) is 5.92 Å². The molecule has 1 aromatic carbocycles. The fourth-order valence-electron chi connectivity index (χ4n) is 2.98. The van der Waals surface area contributed by atoms with E-state index in [1.807, 2.05) is 0 Å². The average Bonchev–Trinajstić information content (AvgIpc) is 2.57. The number of aromatic nitrogens is 2. The average molecular weight is 328 g/mol. The molecule has 0 spiro atoms. The summed E-state index contributed by atoms with van der Waals surface area (Å²) < 4.78 is 0.924. The van der Waals surface area contributed by atoms with E-state index < -0.39 is 11.5 Å². The number of amides is 1. The summed E-state index contributed by atoms with van der Waals surface area (Å²) in [5.41, 5.74) is -0.806.